The van der Waals surface area contributed by atoms with Gasteiger partial charge in [0.05, 0.1) is 7.82 Å². The maximum atomic E-state index is 11.1. The van der Waals surface area contributed by atoms with Crippen LogP contribution in [0, 0.1) is 0 Å². The van der Waals surface area contributed by atoms with E-state index in [-0.39, 0.29) is 31.0 Å². The van der Waals surface area contributed by atoms with Crippen LogP contribution >= 0.6 is 23.2 Å². The minimum absolute atomic E-state index is 0. The summed E-state index contributed by atoms with van der Waals surface area (Å²) in [5.74, 6) is 0. The summed E-state index contributed by atoms with van der Waals surface area (Å²) in [6, 6.07) is 0. The van der Waals surface area contributed by atoms with Gasteiger partial charge in [-0.1, -0.05) is 5.57 Å². The highest BCUT2D eigenvalue weighted by Gasteiger charge is 2.20. The first-order valence-corrected chi connectivity index (χ1v) is 9.18. The first-order chi connectivity index (χ1) is 7.83. The van der Waals surface area contributed by atoms with Gasteiger partial charge in [0.25, 0.3) is 7.82 Å². The summed E-state index contributed by atoms with van der Waals surface area (Å²) in [5, 5.41) is 0. The lowest BCUT2D eigenvalue weighted by Gasteiger charge is -2.38. The molecular formula is C6H27N4O9P3. The molecule has 16 heteroatoms. The lowest BCUT2D eigenvalue weighted by molar-refractivity contribution is -0.339. The molecule has 0 aliphatic heterocycles. The Bertz CT molecular complexity index is 453. The molecule has 13 nitrogen and oxygen atoms in total. The molecule has 16 N–H and O–H groups in total. The van der Waals surface area contributed by atoms with Crippen molar-refractivity contribution >= 4 is 23.2 Å². The maximum Gasteiger partial charge on any atom is 0.276 e. The Morgan fingerprint density at radius 1 is 0.955 bits per heavy atom. The lowest BCUT2D eigenvalue weighted by atomic mass is 10.2. The quantitative estimate of drug-likeness (QED) is 0.333. The van der Waals surface area contributed by atoms with Crippen molar-refractivity contribution in [2.24, 2.45) is 0 Å². The van der Waals surface area contributed by atoms with E-state index in [2.05, 4.69) is 15.2 Å². The fourth-order valence-corrected chi connectivity index (χ4v) is 4.36. The average Bonchev–Trinajstić information content (AvgIpc) is 1.93. The molecule has 0 amide bonds. The molecule has 0 aromatic heterocycles. The maximum absolute atomic E-state index is 11.1. The van der Waals surface area contributed by atoms with Crippen LogP contribution in [0.5, 0.6) is 0 Å². The van der Waals surface area contributed by atoms with E-state index in [0.29, 0.717) is 12.0 Å². The number of rotatable bonds is 8. The van der Waals surface area contributed by atoms with Gasteiger partial charge in [-0.25, -0.2) is 0 Å². The molecule has 0 heterocycles. The molecule has 0 rings (SSSR count). The molecule has 0 saturated heterocycles. The Labute approximate surface area is 128 Å². The van der Waals surface area contributed by atoms with E-state index in [0.717, 1.165) is 0 Å². The molecule has 0 radical (unpaired) electrons. The van der Waals surface area contributed by atoms with Gasteiger partial charge in [-0.05, 0) is 19.8 Å². The van der Waals surface area contributed by atoms with E-state index < -0.39 is 29.4 Å². The van der Waals surface area contributed by atoms with Crippen molar-refractivity contribution < 1.29 is 41.9 Å². The van der Waals surface area contributed by atoms with Crippen LogP contribution < -0.4 is 44.2 Å². The third-order valence-corrected chi connectivity index (χ3v) is 5.72. The van der Waals surface area contributed by atoms with Gasteiger partial charge in [0, 0.05) is 6.16 Å². The standard InChI is InChI=1S/C6H15O9P3.4H3N/c1-6(2)4-3-5-16(7,8)14-18(12,13)15-17(9,10)11;;;;/h1,3-5H2,2H3,(H,7,8)(H,12,13)(H2,9,10,11);4*1H3. The van der Waals surface area contributed by atoms with Crippen LogP contribution in [0.25, 0.3) is 0 Å². The second-order valence-corrected chi connectivity index (χ2v) is 8.22. The van der Waals surface area contributed by atoms with Crippen molar-refractivity contribution in [3.63, 3.8) is 0 Å². The van der Waals surface area contributed by atoms with Crippen LogP contribution in [0.1, 0.15) is 19.8 Å². The van der Waals surface area contributed by atoms with Gasteiger partial charge in [0.2, 0.25) is 0 Å². The Kier molecular flexibility index (Phi) is 19.0. The fraction of sp³-hybridized carbons (Fsp3) is 0.667. The summed E-state index contributed by atoms with van der Waals surface area (Å²) in [7, 11) is -16.5. The highest BCUT2D eigenvalue weighted by molar-refractivity contribution is 7.66. The average molecular weight is 392 g/mol. The Morgan fingerprint density at radius 2 is 1.36 bits per heavy atom. The van der Waals surface area contributed by atoms with Gasteiger partial charge in [0.15, 0.2) is 0 Å². The van der Waals surface area contributed by atoms with Crippen LogP contribution in [0.3, 0.4) is 0 Å². The van der Waals surface area contributed by atoms with Crippen molar-refractivity contribution in [2.75, 3.05) is 6.16 Å². The van der Waals surface area contributed by atoms with Crippen LogP contribution in [0.2, 0.25) is 0 Å². The second kappa shape index (κ2) is 12.5. The molecule has 0 aromatic rings. The fourth-order valence-electron chi connectivity index (χ4n) is 0.905. The summed E-state index contributed by atoms with van der Waals surface area (Å²) in [6.45, 7) is 5.15. The molecule has 0 aliphatic rings. The van der Waals surface area contributed by atoms with E-state index in [1.54, 1.807) is 6.92 Å². The van der Waals surface area contributed by atoms with E-state index >= 15 is 0 Å². The molecule has 0 fully saturated rings. The Hall–Kier alpha value is 0.0300. The zero-order chi connectivity index (χ0) is 14.6. The zero-order valence-corrected chi connectivity index (χ0v) is 16.0. The highest BCUT2D eigenvalue weighted by Crippen LogP contribution is 2.60. The van der Waals surface area contributed by atoms with Crippen LogP contribution in [0.15, 0.2) is 12.2 Å². The summed E-state index contributed by atoms with van der Waals surface area (Å²) >= 11 is 0. The number of allylic oxidation sites excluding steroid dienone is 1. The van der Waals surface area contributed by atoms with Gasteiger partial charge in [0.1, 0.15) is 7.60 Å². The van der Waals surface area contributed by atoms with Crippen molar-refractivity contribution in [1.82, 2.24) is 24.6 Å². The number of hydrogen-bond acceptors (Lipinski definition) is 9. The van der Waals surface area contributed by atoms with E-state index in [1.165, 1.54) is 0 Å². The molecule has 0 spiro atoms. The van der Waals surface area contributed by atoms with E-state index in [1.807, 2.05) is 0 Å². The topological polar surface area (TPSA) is 308 Å². The molecule has 2 atom stereocenters. The normalized spacial score (nSPS) is 15.5. The molecule has 2 unspecified atom stereocenters. The number of quaternary nitrogens is 4. The molecule has 0 saturated carbocycles. The minimum Gasteiger partial charge on any atom is -0.790 e. The predicted molar refractivity (Wildman–Crippen MR) is 77.8 cm³/mol. The van der Waals surface area contributed by atoms with Gasteiger partial charge in [-0.3, -0.25) is 13.2 Å². The van der Waals surface area contributed by atoms with Crippen LogP contribution in [0.4, 0.5) is 0 Å². The Balaban J connectivity index is -0.000000241. The molecule has 140 valence electrons. The monoisotopic (exact) mass is 392 g/mol. The summed E-state index contributed by atoms with van der Waals surface area (Å²) in [5.41, 5.74) is 0.681. The van der Waals surface area contributed by atoms with Crippen LogP contribution in [-0.2, 0) is 22.3 Å². The van der Waals surface area contributed by atoms with E-state index in [9.17, 15) is 33.3 Å². The van der Waals surface area contributed by atoms with Crippen molar-refractivity contribution in [3.05, 3.63) is 12.2 Å². The van der Waals surface area contributed by atoms with Crippen molar-refractivity contribution in [2.45, 2.75) is 19.8 Å². The zero-order valence-electron chi connectivity index (χ0n) is 13.3. The predicted octanol–water partition coefficient (Wildman–Crippen LogP) is 0.731. The van der Waals surface area contributed by atoms with E-state index in [4.69, 9.17) is 0 Å². The largest absolute Gasteiger partial charge is 0.790 e. The first kappa shape index (κ1) is 33.6. The third-order valence-electron chi connectivity index (χ3n) is 1.46. The first-order valence-electron chi connectivity index (χ1n) is 4.53. The number of hydrogen-bond donors (Lipinski definition) is 4. The van der Waals surface area contributed by atoms with Gasteiger partial charge < -0.3 is 53.3 Å². The SMILES string of the molecule is C=C(C)CCCP(=O)([O-])OP(=O)([O-])OP(=O)([O-])[O-].[NH4+].[NH4+].[NH4+].[NH4+]. The smallest absolute Gasteiger partial charge is 0.276 e. The summed E-state index contributed by atoms with van der Waals surface area (Å²) in [4.78, 5) is 42.0. The molecule has 22 heavy (non-hydrogen) atoms. The lowest BCUT2D eigenvalue weighted by Crippen LogP contribution is -2.20. The van der Waals surface area contributed by atoms with Crippen molar-refractivity contribution in [3.8, 4) is 0 Å². The Morgan fingerprint density at radius 3 is 1.68 bits per heavy atom. The third kappa shape index (κ3) is 20.0. The summed E-state index contributed by atoms with van der Waals surface area (Å²) in [6.07, 6.45) is -0.290. The second-order valence-electron chi connectivity index (χ2n) is 3.45. The van der Waals surface area contributed by atoms with Gasteiger partial charge >= 0.3 is 0 Å². The summed E-state index contributed by atoms with van der Waals surface area (Å²) < 4.78 is 38.5. The van der Waals surface area contributed by atoms with Gasteiger partial charge in [-0.2, -0.15) is 0 Å². The molecular weight excluding hydrogens is 365 g/mol. The minimum atomic E-state index is -5.89. The van der Waals surface area contributed by atoms with Crippen molar-refractivity contribution in [1.29, 1.82) is 0 Å². The number of phosphoric acid groups is 2. The van der Waals surface area contributed by atoms with Gasteiger partial charge in [-0.15, -0.1) is 6.58 Å². The molecule has 0 aromatic carbocycles. The molecule has 0 bridgehead atoms. The highest BCUT2D eigenvalue weighted by atomic mass is 31.3. The molecule has 0 aliphatic carbocycles. The van der Waals surface area contributed by atoms with Crippen LogP contribution in [-0.4, -0.2) is 6.16 Å².